The van der Waals surface area contributed by atoms with Gasteiger partial charge in [0.05, 0.1) is 34.4 Å². The molecule has 0 aromatic heterocycles. The summed E-state index contributed by atoms with van der Waals surface area (Å²) >= 11 is 0. The quantitative estimate of drug-likeness (QED) is 0.0211. The highest BCUT2D eigenvalue weighted by Crippen LogP contribution is 2.18. The van der Waals surface area contributed by atoms with Crippen molar-refractivity contribution in [2.45, 2.75) is 302 Å². The predicted molar refractivity (Wildman–Crippen MR) is 323 cm³/mol. The SMILES string of the molecule is CC/C=C\C/C=C\C/C=C\C/C=C\C/C=C\CCCCCCCCCCCCCCCCCCCCCCCC(=O)OC(COC(=O)CCCCCCCCCCCCCCCC)COC(OCC[N+](C)(C)C)C(=O)O. The fourth-order valence-electron chi connectivity index (χ4n) is 9.16. The standard InChI is InChI=1S/C67H121NO8/c1-6-8-10-12-14-16-18-20-22-23-24-25-26-27-28-29-30-31-32-33-34-35-36-37-38-39-40-41-42-43-44-46-48-50-52-54-56-58-65(70)76-63(62-75-67(66(71)72)73-60-59-68(3,4)5)61-74-64(69)57-55-53-51-49-47-45-21-19-17-15-13-11-9-7-2/h8,10,14,16,20,22,24-25,27-28,63,67H,6-7,9,11-13,15,17-19,21,23,26,29-62H2,1-5H3/p+1/b10-8-,16-14-,22-20-,25-24-,28-27-. The van der Waals surface area contributed by atoms with E-state index in [1.165, 1.54) is 193 Å². The van der Waals surface area contributed by atoms with E-state index in [0.29, 0.717) is 17.4 Å². The Balaban J connectivity index is 4.00. The van der Waals surface area contributed by atoms with Crippen LogP contribution in [0.15, 0.2) is 60.8 Å². The average Bonchev–Trinajstić information content (AvgIpc) is 3.39. The Kier molecular flexibility index (Phi) is 55.8. The van der Waals surface area contributed by atoms with Gasteiger partial charge in [-0.2, -0.15) is 0 Å². The molecule has 0 radical (unpaired) electrons. The third-order valence-corrected chi connectivity index (χ3v) is 14.0. The van der Waals surface area contributed by atoms with Crippen molar-refractivity contribution in [1.82, 2.24) is 0 Å². The van der Waals surface area contributed by atoms with Crippen LogP contribution in [-0.2, 0) is 33.3 Å². The summed E-state index contributed by atoms with van der Waals surface area (Å²) in [5.41, 5.74) is 0. The molecule has 0 bridgehead atoms. The number of unbranched alkanes of at least 4 members (excludes halogenated alkanes) is 34. The molecule has 0 spiro atoms. The molecule has 9 heteroatoms. The summed E-state index contributed by atoms with van der Waals surface area (Å²) in [5.74, 6) is -1.99. The number of quaternary nitrogens is 1. The highest BCUT2D eigenvalue weighted by atomic mass is 16.7. The van der Waals surface area contributed by atoms with Crippen molar-refractivity contribution in [3.8, 4) is 0 Å². The molecule has 0 fully saturated rings. The molecule has 76 heavy (non-hydrogen) atoms. The minimum Gasteiger partial charge on any atom is -0.477 e. The largest absolute Gasteiger partial charge is 0.477 e. The average molecular weight is 1070 g/mol. The summed E-state index contributed by atoms with van der Waals surface area (Å²) < 4.78 is 22.9. The lowest BCUT2D eigenvalue weighted by Gasteiger charge is -2.25. The van der Waals surface area contributed by atoms with Gasteiger partial charge < -0.3 is 28.5 Å². The number of aliphatic carboxylic acids is 1. The summed E-state index contributed by atoms with van der Waals surface area (Å²) in [5, 5.41) is 9.70. The number of rotatable bonds is 59. The van der Waals surface area contributed by atoms with E-state index in [0.717, 1.165) is 70.6 Å². The highest BCUT2D eigenvalue weighted by molar-refractivity contribution is 5.71. The van der Waals surface area contributed by atoms with Crippen molar-refractivity contribution in [3.05, 3.63) is 60.8 Å². The second-order valence-electron chi connectivity index (χ2n) is 22.7. The van der Waals surface area contributed by atoms with Gasteiger partial charge >= 0.3 is 17.9 Å². The van der Waals surface area contributed by atoms with Gasteiger partial charge in [0.15, 0.2) is 6.10 Å². The van der Waals surface area contributed by atoms with Crippen molar-refractivity contribution in [1.29, 1.82) is 0 Å². The molecule has 0 aliphatic rings. The first-order chi connectivity index (χ1) is 37.1. The van der Waals surface area contributed by atoms with E-state index in [2.05, 4.69) is 74.6 Å². The highest BCUT2D eigenvalue weighted by Gasteiger charge is 2.25. The third-order valence-electron chi connectivity index (χ3n) is 14.0. The molecule has 0 aromatic rings. The Morgan fingerprint density at radius 1 is 0.408 bits per heavy atom. The van der Waals surface area contributed by atoms with Crippen molar-refractivity contribution < 1.29 is 42.9 Å². The normalized spacial score (nSPS) is 13.1. The minimum atomic E-state index is -1.51. The number of carbonyl (C=O) groups excluding carboxylic acids is 2. The number of allylic oxidation sites excluding steroid dienone is 10. The van der Waals surface area contributed by atoms with Crippen LogP contribution in [0.5, 0.6) is 0 Å². The molecule has 0 amide bonds. The molecule has 2 atom stereocenters. The van der Waals surface area contributed by atoms with Crippen molar-refractivity contribution in [3.63, 3.8) is 0 Å². The van der Waals surface area contributed by atoms with Crippen LogP contribution in [0.1, 0.15) is 290 Å². The Morgan fingerprint density at radius 3 is 1.12 bits per heavy atom. The van der Waals surface area contributed by atoms with E-state index < -0.39 is 18.4 Å². The molecule has 0 heterocycles. The Bertz CT molecular complexity index is 1430. The summed E-state index contributed by atoms with van der Waals surface area (Å²) in [6, 6.07) is 0. The van der Waals surface area contributed by atoms with Gasteiger partial charge in [-0.25, -0.2) is 4.79 Å². The van der Waals surface area contributed by atoms with E-state index >= 15 is 0 Å². The Hall–Kier alpha value is -3.01. The first-order valence-corrected chi connectivity index (χ1v) is 32.0. The maximum atomic E-state index is 12.9. The van der Waals surface area contributed by atoms with Crippen LogP contribution < -0.4 is 0 Å². The summed E-state index contributed by atoms with van der Waals surface area (Å²) in [4.78, 5) is 37.4. The van der Waals surface area contributed by atoms with Crippen molar-refractivity contribution in [2.24, 2.45) is 0 Å². The van der Waals surface area contributed by atoms with Crippen LogP contribution in [0.2, 0.25) is 0 Å². The third kappa shape index (κ3) is 58.7. The van der Waals surface area contributed by atoms with Crippen molar-refractivity contribution in [2.75, 3.05) is 47.5 Å². The van der Waals surface area contributed by atoms with Crippen LogP contribution in [0.25, 0.3) is 0 Å². The molecule has 2 unspecified atom stereocenters. The number of carboxylic acid groups (broad SMARTS) is 1. The molecular weight excluding hydrogens is 947 g/mol. The lowest BCUT2D eigenvalue weighted by atomic mass is 10.0. The van der Waals surface area contributed by atoms with E-state index in [1.807, 2.05) is 21.1 Å². The second-order valence-corrected chi connectivity index (χ2v) is 22.7. The summed E-state index contributed by atoms with van der Waals surface area (Å²) in [6.45, 7) is 4.80. The molecule has 0 aromatic carbocycles. The molecule has 0 aliphatic heterocycles. The molecular formula is C67H122NO8+. The van der Waals surface area contributed by atoms with Gasteiger partial charge in [0.1, 0.15) is 13.2 Å². The number of hydrogen-bond donors (Lipinski definition) is 1. The van der Waals surface area contributed by atoms with Crippen LogP contribution in [0.4, 0.5) is 0 Å². The first-order valence-electron chi connectivity index (χ1n) is 32.0. The van der Waals surface area contributed by atoms with Gasteiger partial charge in [0.2, 0.25) is 0 Å². The van der Waals surface area contributed by atoms with Gasteiger partial charge in [-0.15, -0.1) is 0 Å². The molecule has 0 rings (SSSR count). The first kappa shape index (κ1) is 73.0. The molecule has 9 nitrogen and oxygen atoms in total. The minimum absolute atomic E-state index is 0.177. The van der Waals surface area contributed by atoms with Gasteiger partial charge in [0.25, 0.3) is 6.29 Å². The number of esters is 2. The topological polar surface area (TPSA) is 108 Å². The van der Waals surface area contributed by atoms with E-state index in [9.17, 15) is 19.5 Å². The van der Waals surface area contributed by atoms with Gasteiger partial charge in [0, 0.05) is 12.8 Å². The summed E-state index contributed by atoms with van der Waals surface area (Å²) in [6.07, 6.45) is 71.9. The van der Waals surface area contributed by atoms with E-state index in [4.69, 9.17) is 18.9 Å². The zero-order valence-electron chi connectivity index (χ0n) is 50.4. The fraction of sp³-hybridized carbons (Fsp3) is 0.806. The zero-order valence-corrected chi connectivity index (χ0v) is 50.4. The zero-order chi connectivity index (χ0) is 55.5. The molecule has 0 saturated carbocycles. The number of carboxylic acids is 1. The smallest absolute Gasteiger partial charge is 0.361 e. The van der Waals surface area contributed by atoms with E-state index in [1.54, 1.807) is 0 Å². The Labute approximate surface area is 469 Å². The Morgan fingerprint density at radius 2 is 0.750 bits per heavy atom. The van der Waals surface area contributed by atoms with Crippen LogP contribution >= 0.6 is 0 Å². The maximum Gasteiger partial charge on any atom is 0.361 e. The number of nitrogens with zero attached hydrogens (tertiary/aromatic N) is 1. The molecule has 1 N–H and O–H groups in total. The molecule has 442 valence electrons. The predicted octanol–water partition coefficient (Wildman–Crippen LogP) is 19.2. The summed E-state index contributed by atoms with van der Waals surface area (Å²) in [7, 11) is 5.98. The van der Waals surface area contributed by atoms with Crippen LogP contribution in [-0.4, -0.2) is 87.4 Å². The number of carbonyl (C=O) groups is 3. The lowest BCUT2D eigenvalue weighted by Crippen LogP contribution is -2.40. The van der Waals surface area contributed by atoms with Crippen LogP contribution in [0, 0.1) is 0 Å². The monoisotopic (exact) mass is 1070 g/mol. The van der Waals surface area contributed by atoms with Crippen LogP contribution in [0.3, 0.4) is 0 Å². The number of likely N-dealkylation sites (N-methyl/N-ethyl adjacent to an activating group) is 1. The van der Waals surface area contributed by atoms with Crippen molar-refractivity contribution >= 4 is 17.9 Å². The van der Waals surface area contributed by atoms with E-state index in [-0.39, 0.29) is 38.2 Å². The maximum absolute atomic E-state index is 12.9. The fourth-order valence-corrected chi connectivity index (χ4v) is 9.16. The molecule has 0 aliphatic carbocycles. The second kappa shape index (κ2) is 58.1. The number of hydrogen-bond acceptors (Lipinski definition) is 7. The molecule has 0 saturated heterocycles. The lowest BCUT2D eigenvalue weighted by molar-refractivity contribution is -0.870. The van der Waals surface area contributed by atoms with Gasteiger partial charge in [-0.1, -0.05) is 280 Å². The van der Waals surface area contributed by atoms with Gasteiger partial charge in [-0.05, 0) is 57.8 Å². The van der Waals surface area contributed by atoms with Gasteiger partial charge in [-0.3, -0.25) is 9.59 Å². The number of ether oxygens (including phenoxy) is 4.